The third kappa shape index (κ3) is 2.43. The highest BCUT2D eigenvalue weighted by Gasteiger charge is 2.23. The van der Waals surface area contributed by atoms with Crippen LogP contribution >= 0.6 is 11.6 Å². The molecule has 0 bridgehead atoms. The number of ketones is 1. The van der Waals surface area contributed by atoms with Gasteiger partial charge in [0.1, 0.15) is 11.9 Å². The van der Waals surface area contributed by atoms with E-state index >= 15 is 0 Å². The molecule has 0 radical (unpaired) electrons. The van der Waals surface area contributed by atoms with Crippen molar-refractivity contribution in [3.05, 3.63) is 52.3 Å². The molecule has 0 aliphatic heterocycles. The Morgan fingerprint density at radius 1 is 1.33 bits per heavy atom. The van der Waals surface area contributed by atoms with Crippen LogP contribution in [0, 0.1) is 36.8 Å². The fraction of sp³-hybridized carbons (Fsp3) is 0.200. The van der Waals surface area contributed by atoms with Crippen molar-refractivity contribution in [2.24, 2.45) is 0 Å². The third-order valence-electron chi connectivity index (χ3n) is 3.30. The van der Waals surface area contributed by atoms with Gasteiger partial charge in [-0.3, -0.25) is 4.79 Å². The van der Waals surface area contributed by atoms with Gasteiger partial charge in [-0.2, -0.15) is 5.26 Å². The quantitative estimate of drug-likeness (QED) is 0.641. The van der Waals surface area contributed by atoms with Crippen LogP contribution in [0.15, 0.2) is 18.2 Å². The first kappa shape index (κ1) is 15.2. The standard InChI is InChI=1S/C15H11ClF2N2O/c1-8-14(13(21)6-16)15(18)9(2)20(8)11-4-3-10(7-19)12(17)5-11/h3-5H,6H2,1-2H3. The topological polar surface area (TPSA) is 45.8 Å². The smallest absolute Gasteiger partial charge is 0.182 e. The minimum atomic E-state index is -0.701. The maximum absolute atomic E-state index is 14.2. The van der Waals surface area contributed by atoms with E-state index < -0.39 is 17.4 Å². The maximum Gasteiger partial charge on any atom is 0.182 e. The molecule has 0 amide bonds. The molecule has 2 rings (SSSR count). The van der Waals surface area contributed by atoms with Crippen LogP contribution in [-0.4, -0.2) is 16.2 Å². The summed E-state index contributed by atoms with van der Waals surface area (Å²) in [5.41, 5.74) is 0.685. The SMILES string of the molecule is Cc1c(F)c(C(=O)CCl)c(C)n1-c1ccc(C#N)c(F)c1. The summed E-state index contributed by atoms with van der Waals surface area (Å²) >= 11 is 5.48. The van der Waals surface area contributed by atoms with Gasteiger partial charge in [0.2, 0.25) is 0 Å². The molecule has 2 aromatic rings. The number of hydrogen-bond donors (Lipinski definition) is 0. The summed E-state index contributed by atoms with van der Waals surface area (Å²) in [6.45, 7) is 3.05. The molecule has 21 heavy (non-hydrogen) atoms. The highest BCUT2D eigenvalue weighted by molar-refractivity contribution is 6.30. The lowest BCUT2D eigenvalue weighted by molar-refractivity contribution is 0.101. The monoisotopic (exact) mass is 308 g/mol. The molecule has 0 unspecified atom stereocenters. The van der Waals surface area contributed by atoms with E-state index in [9.17, 15) is 13.6 Å². The zero-order chi connectivity index (χ0) is 15.7. The second-order valence-corrected chi connectivity index (χ2v) is 4.80. The minimum Gasteiger partial charge on any atom is -0.315 e. The molecule has 1 aromatic carbocycles. The van der Waals surface area contributed by atoms with Crippen molar-refractivity contribution in [1.82, 2.24) is 4.57 Å². The second-order valence-electron chi connectivity index (χ2n) is 4.53. The Morgan fingerprint density at radius 3 is 2.52 bits per heavy atom. The average molecular weight is 309 g/mol. The Labute approximate surface area is 125 Å². The number of hydrogen-bond acceptors (Lipinski definition) is 2. The van der Waals surface area contributed by atoms with Crippen molar-refractivity contribution >= 4 is 17.4 Å². The zero-order valence-corrected chi connectivity index (χ0v) is 12.1. The summed E-state index contributed by atoms with van der Waals surface area (Å²) in [6.07, 6.45) is 0. The number of alkyl halides is 1. The van der Waals surface area contributed by atoms with Gasteiger partial charge in [0, 0.05) is 11.4 Å². The number of carbonyl (C=O) groups excluding carboxylic acids is 1. The lowest BCUT2D eigenvalue weighted by Crippen LogP contribution is -2.05. The number of nitrogens with zero attached hydrogens (tertiary/aromatic N) is 2. The lowest BCUT2D eigenvalue weighted by Gasteiger charge is -2.09. The Bertz CT molecular complexity index is 775. The lowest BCUT2D eigenvalue weighted by atomic mass is 10.1. The molecule has 1 heterocycles. The average Bonchev–Trinajstić information content (AvgIpc) is 2.68. The summed E-state index contributed by atoms with van der Waals surface area (Å²) in [6, 6.07) is 5.66. The van der Waals surface area contributed by atoms with Crippen molar-refractivity contribution in [2.75, 3.05) is 5.88 Å². The van der Waals surface area contributed by atoms with Gasteiger partial charge in [0.25, 0.3) is 0 Å². The normalized spacial score (nSPS) is 10.5. The van der Waals surface area contributed by atoms with Crippen LogP contribution in [0.2, 0.25) is 0 Å². The van der Waals surface area contributed by atoms with Gasteiger partial charge in [-0.05, 0) is 32.0 Å². The van der Waals surface area contributed by atoms with Crippen molar-refractivity contribution in [3.8, 4) is 11.8 Å². The van der Waals surface area contributed by atoms with Crippen LogP contribution in [0.3, 0.4) is 0 Å². The van der Waals surface area contributed by atoms with Crippen molar-refractivity contribution in [2.45, 2.75) is 13.8 Å². The van der Waals surface area contributed by atoms with Crippen LogP contribution in [0.1, 0.15) is 27.3 Å². The molecule has 3 nitrogen and oxygen atoms in total. The number of nitriles is 1. The van der Waals surface area contributed by atoms with E-state index in [1.807, 2.05) is 0 Å². The Balaban J connectivity index is 2.68. The molecule has 0 atom stereocenters. The van der Waals surface area contributed by atoms with Crippen molar-refractivity contribution in [1.29, 1.82) is 5.26 Å². The van der Waals surface area contributed by atoms with Crippen LogP contribution < -0.4 is 0 Å². The van der Waals surface area contributed by atoms with Gasteiger partial charge < -0.3 is 4.57 Å². The molecule has 1 aromatic heterocycles. The first-order valence-electron chi connectivity index (χ1n) is 6.09. The predicted octanol–water partition coefficient (Wildman–Crippen LogP) is 3.67. The second kappa shape index (κ2) is 5.66. The molecule has 0 spiro atoms. The summed E-state index contributed by atoms with van der Waals surface area (Å²) in [5.74, 6) is -2.22. The van der Waals surface area contributed by atoms with E-state index in [0.717, 1.165) is 6.07 Å². The van der Waals surface area contributed by atoms with Gasteiger partial charge in [0.15, 0.2) is 11.6 Å². The molecule has 0 saturated carbocycles. The molecule has 108 valence electrons. The highest BCUT2D eigenvalue weighted by Crippen LogP contribution is 2.26. The zero-order valence-electron chi connectivity index (χ0n) is 11.4. The summed E-state index contributed by atoms with van der Waals surface area (Å²) in [5, 5.41) is 8.73. The van der Waals surface area contributed by atoms with Gasteiger partial charge in [0.05, 0.1) is 22.7 Å². The molecule has 0 saturated heterocycles. The van der Waals surface area contributed by atoms with E-state index in [4.69, 9.17) is 16.9 Å². The summed E-state index contributed by atoms with van der Waals surface area (Å²) < 4.78 is 29.3. The Morgan fingerprint density at radius 2 is 2.00 bits per heavy atom. The molecule has 6 heteroatoms. The molecule has 0 aliphatic rings. The number of Topliss-reactive ketones (excluding diaryl/α,β-unsaturated/α-hetero) is 1. The molecule has 0 N–H and O–H groups in total. The predicted molar refractivity (Wildman–Crippen MR) is 74.9 cm³/mol. The number of aromatic nitrogens is 1. The molecule has 0 fully saturated rings. The highest BCUT2D eigenvalue weighted by atomic mass is 35.5. The minimum absolute atomic E-state index is 0.0905. The number of rotatable bonds is 3. The fourth-order valence-corrected chi connectivity index (χ4v) is 2.45. The van der Waals surface area contributed by atoms with Crippen LogP contribution in [-0.2, 0) is 0 Å². The fourth-order valence-electron chi connectivity index (χ4n) is 2.31. The van der Waals surface area contributed by atoms with E-state index in [0.29, 0.717) is 11.4 Å². The number of carbonyl (C=O) groups is 1. The Hall–Kier alpha value is -2.19. The van der Waals surface area contributed by atoms with Crippen LogP contribution in [0.5, 0.6) is 0 Å². The number of halogens is 3. The van der Waals surface area contributed by atoms with E-state index in [-0.39, 0.29) is 22.7 Å². The number of benzene rings is 1. The van der Waals surface area contributed by atoms with Crippen molar-refractivity contribution in [3.63, 3.8) is 0 Å². The summed E-state index contributed by atoms with van der Waals surface area (Å²) in [7, 11) is 0. The first-order valence-corrected chi connectivity index (χ1v) is 6.62. The maximum atomic E-state index is 14.2. The molecule has 0 aliphatic carbocycles. The van der Waals surface area contributed by atoms with Crippen molar-refractivity contribution < 1.29 is 13.6 Å². The molecular formula is C15H11ClF2N2O. The molecular weight excluding hydrogens is 298 g/mol. The van der Waals surface area contributed by atoms with Gasteiger partial charge >= 0.3 is 0 Å². The van der Waals surface area contributed by atoms with E-state index in [1.165, 1.54) is 23.6 Å². The van der Waals surface area contributed by atoms with Gasteiger partial charge in [-0.15, -0.1) is 11.6 Å². The first-order chi connectivity index (χ1) is 9.92. The van der Waals surface area contributed by atoms with Crippen LogP contribution in [0.4, 0.5) is 8.78 Å². The third-order valence-corrected chi connectivity index (χ3v) is 3.54. The van der Waals surface area contributed by atoms with E-state index in [2.05, 4.69) is 0 Å². The van der Waals surface area contributed by atoms with Gasteiger partial charge in [-0.1, -0.05) is 0 Å². The summed E-state index contributed by atoms with van der Waals surface area (Å²) in [4.78, 5) is 11.7. The van der Waals surface area contributed by atoms with Gasteiger partial charge in [-0.25, -0.2) is 8.78 Å². The largest absolute Gasteiger partial charge is 0.315 e. The van der Waals surface area contributed by atoms with Crippen LogP contribution in [0.25, 0.3) is 5.69 Å². The van der Waals surface area contributed by atoms with E-state index in [1.54, 1.807) is 13.0 Å². The Kier molecular flexibility index (Phi) is 4.10.